The van der Waals surface area contributed by atoms with Gasteiger partial charge in [-0.2, -0.15) is 0 Å². The van der Waals surface area contributed by atoms with Gasteiger partial charge < -0.3 is 4.90 Å². The van der Waals surface area contributed by atoms with Crippen LogP contribution in [0.5, 0.6) is 0 Å². The third kappa shape index (κ3) is 3.39. The van der Waals surface area contributed by atoms with Crippen molar-refractivity contribution in [2.24, 2.45) is 5.92 Å². The van der Waals surface area contributed by atoms with Crippen molar-refractivity contribution in [2.45, 2.75) is 31.7 Å². The molecule has 0 aliphatic carbocycles. The fourth-order valence-corrected chi connectivity index (χ4v) is 3.36. The van der Waals surface area contributed by atoms with Crippen LogP contribution in [0.1, 0.15) is 37.3 Å². The van der Waals surface area contributed by atoms with Crippen LogP contribution in [-0.4, -0.2) is 30.4 Å². The normalized spacial score (nSPS) is 26.6. The minimum atomic E-state index is -0.0377. The van der Waals surface area contributed by atoms with Crippen molar-refractivity contribution >= 4 is 17.5 Å². The summed E-state index contributed by atoms with van der Waals surface area (Å²) in [5.74, 6) is 0.235. The predicted molar refractivity (Wildman–Crippen MR) is 83.9 cm³/mol. The summed E-state index contributed by atoms with van der Waals surface area (Å²) in [4.78, 5) is 14.9. The highest BCUT2D eigenvalue weighted by Crippen LogP contribution is 2.28. The Morgan fingerprint density at radius 1 is 1.10 bits per heavy atom. The van der Waals surface area contributed by atoms with Crippen LogP contribution >= 0.6 is 11.6 Å². The Hall–Kier alpha value is -1.10. The second-order valence-electron chi connectivity index (χ2n) is 5.90. The number of nitrogens with one attached hydrogen (secondary N) is 2. The SMILES string of the molecule is O=C(C1CNNC1c1ccc(Cl)cc1)N1CCCCCC1. The zero-order valence-corrected chi connectivity index (χ0v) is 12.9. The molecule has 2 saturated heterocycles. The molecule has 2 aliphatic heterocycles. The van der Waals surface area contributed by atoms with E-state index in [0.717, 1.165) is 36.5 Å². The largest absolute Gasteiger partial charge is 0.342 e. The second kappa shape index (κ2) is 6.77. The summed E-state index contributed by atoms with van der Waals surface area (Å²) >= 11 is 5.95. The van der Waals surface area contributed by atoms with Crippen LogP contribution in [-0.2, 0) is 4.79 Å². The quantitative estimate of drug-likeness (QED) is 0.882. The summed E-state index contributed by atoms with van der Waals surface area (Å²) in [6.45, 7) is 2.49. The first-order chi connectivity index (χ1) is 10.3. The molecule has 114 valence electrons. The number of carbonyl (C=O) groups is 1. The molecule has 2 atom stereocenters. The van der Waals surface area contributed by atoms with Crippen molar-refractivity contribution in [3.8, 4) is 0 Å². The molecular formula is C16H22ClN3O. The number of likely N-dealkylation sites (tertiary alicyclic amines) is 1. The third-order valence-corrected chi connectivity index (χ3v) is 4.70. The number of amides is 1. The van der Waals surface area contributed by atoms with E-state index in [2.05, 4.69) is 15.8 Å². The molecule has 21 heavy (non-hydrogen) atoms. The summed E-state index contributed by atoms with van der Waals surface area (Å²) < 4.78 is 0. The highest BCUT2D eigenvalue weighted by Gasteiger charge is 2.36. The average molecular weight is 308 g/mol. The van der Waals surface area contributed by atoms with Crippen molar-refractivity contribution < 1.29 is 4.79 Å². The van der Waals surface area contributed by atoms with Crippen LogP contribution in [0.4, 0.5) is 0 Å². The Bertz CT molecular complexity index is 483. The summed E-state index contributed by atoms with van der Waals surface area (Å²) in [6.07, 6.45) is 4.74. The molecule has 4 nitrogen and oxygen atoms in total. The van der Waals surface area contributed by atoms with Gasteiger partial charge in [-0.25, -0.2) is 5.43 Å². The lowest BCUT2D eigenvalue weighted by Gasteiger charge is -2.26. The zero-order valence-electron chi connectivity index (χ0n) is 12.1. The molecule has 3 rings (SSSR count). The number of rotatable bonds is 2. The van der Waals surface area contributed by atoms with E-state index >= 15 is 0 Å². The van der Waals surface area contributed by atoms with Crippen molar-refractivity contribution in [3.63, 3.8) is 0 Å². The summed E-state index contributed by atoms with van der Waals surface area (Å²) in [7, 11) is 0. The summed E-state index contributed by atoms with van der Waals surface area (Å²) in [5, 5.41) is 0.722. The Morgan fingerprint density at radius 2 is 1.76 bits per heavy atom. The third-order valence-electron chi connectivity index (χ3n) is 4.45. The molecule has 2 fully saturated rings. The lowest BCUT2D eigenvalue weighted by atomic mass is 9.93. The molecule has 2 aliphatic rings. The highest BCUT2D eigenvalue weighted by atomic mass is 35.5. The number of benzene rings is 1. The highest BCUT2D eigenvalue weighted by molar-refractivity contribution is 6.30. The Kier molecular flexibility index (Phi) is 4.78. The Balaban J connectivity index is 1.73. The van der Waals surface area contributed by atoms with Gasteiger partial charge in [0.15, 0.2) is 0 Å². The van der Waals surface area contributed by atoms with Crippen molar-refractivity contribution in [2.75, 3.05) is 19.6 Å². The van der Waals surface area contributed by atoms with E-state index in [1.807, 2.05) is 24.3 Å². The molecule has 0 bridgehead atoms. The maximum absolute atomic E-state index is 12.8. The van der Waals surface area contributed by atoms with Crippen LogP contribution in [0.25, 0.3) is 0 Å². The molecule has 2 unspecified atom stereocenters. The first-order valence-corrected chi connectivity index (χ1v) is 8.16. The van der Waals surface area contributed by atoms with Gasteiger partial charge in [-0.1, -0.05) is 36.6 Å². The van der Waals surface area contributed by atoms with Crippen molar-refractivity contribution in [1.82, 2.24) is 15.8 Å². The van der Waals surface area contributed by atoms with E-state index in [4.69, 9.17) is 11.6 Å². The first kappa shape index (κ1) is 14.8. The van der Waals surface area contributed by atoms with Gasteiger partial charge in [0.05, 0.1) is 12.0 Å². The van der Waals surface area contributed by atoms with Gasteiger partial charge in [-0.05, 0) is 30.5 Å². The minimum absolute atomic E-state index is 0.0259. The lowest BCUT2D eigenvalue weighted by Crippen LogP contribution is -2.39. The van der Waals surface area contributed by atoms with E-state index in [-0.39, 0.29) is 17.9 Å². The molecule has 1 aromatic carbocycles. The Labute approximate surface area is 130 Å². The monoisotopic (exact) mass is 307 g/mol. The fraction of sp³-hybridized carbons (Fsp3) is 0.562. The Morgan fingerprint density at radius 3 is 2.43 bits per heavy atom. The average Bonchev–Trinajstić information content (AvgIpc) is 2.82. The molecule has 0 aromatic heterocycles. The molecule has 0 spiro atoms. The number of hydrogen-bond acceptors (Lipinski definition) is 3. The van der Waals surface area contributed by atoms with E-state index in [9.17, 15) is 4.79 Å². The van der Waals surface area contributed by atoms with Gasteiger partial charge in [0, 0.05) is 24.7 Å². The maximum Gasteiger partial charge on any atom is 0.229 e. The standard InChI is InChI=1S/C16H22ClN3O/c17-13-7-5-12(6-8-13)15-14(11-18-19-15)16(21)20-9-3-1-2-4-10-20/h5-8,14-15,18-19H,1-4,9-11H2. The van der Waals surface area contributed by atoms with Crippen molar-refractivity contribution in [1.29, 1.82) is 0 Å². The van der Waals surface area contributed by atoms with Crippen molar-refractivity contribution in [3.05, 3.63) is 34.9 Å². The lowest BCUT2D eigenvalue weighted by molar-refractivity contribution is -0.135. The number of hydrazine groups is 1. The van der Waals surface area contributed by atoms with Gasteiger partial charge in [-0.3, -0.25) is 10.2 Å². The molecule has 2 heterocycles. The van der Waals surface area contributed by atoms with Crippen LogP contribution in [0.15, 0.2) is 24.3 Å². The van der Waals surface area contributed by atoms with E-state index in [0.29, 0.717) is 6.54 Å². The molecule has 0 radical (unpaired) electrons. The molecule has 0 saturated carbocycles. The number of nitrogens with zero attached hydrogens (tertiary/aromatic N) is 1. The van der Waals surface area contributed by atoms with Gasteiger partial charge in [0.25, 0.3) is 0 Å². The molecule has 1 amide bonds. The predicted octanol–water partition coefficient (Wildman–Crippen LogP) is 2.51. The van der Waals surface area contributed by atoms with Crippen LogP contribution < -0.4 is 10.9 Å². The van der Waals surface area contributed by atoms with Gasteiger partial charge >= 0.3 is 0 Å². The molecule has 2 N–H and O–H groups in total. The van der Waals surface area contributed by atoms with Crippen LogP contribution in [0.2, 0.25) is 5.02 Å². The first-order valence-electron chi connectivity index (χ1n) is 7.78. The van der Waals surface area contributed by atoms with Crippen LogP contribution in [0, 0.1) is 5.92 Å². The minimum Gasteiger partial charge on any atom is -0.342 e. The van der Waals surface area contributed by atoms with E-state index in [1.165, 1.54) is 12.8 Å². The number of hydrogen-bond donors (Lipinski definition) is 2. The molecule has 5 heteroatoms. The molecular weight excluding hydrogens is 286 g/mol. The topological polar surface area (TPSA) is 44.4 Å². The van der Waals surface area contributed by atoms with Gasteiger partial charge in [-0.15, -0.1) is 0 Å². The van der Waals surface area contributed by atoms with E-state index < -0.39 is 0 Å². The number of carbonyl (C=O) groups excluding carboxylic acids is 1. The summed E-state index contributed by atoms with van der Waals surface area (Å²) in [5.41, 5.74) is 7.49. The smallest absolute Gasteiger partial charge is 0.229 e. The maximum atomic E-state index is 12.8. The number of halogens is 1. The molecule has 1 aromatic rings. The van der Waals surface area contributed by atoms with Gasteiger partial charge in [0.1, 0.15) is 0 Å². The summed E-state index contributed by atoms with van der Waals surface area (Å²) in [6, 6.07) is 7.78. The van der Waals surface area contributed by atoms with Gasteiger partial charge in [0.2, 0.25) is 5.91 Å². The fourth-order valence-electron chi connectivity index (χ4n) is 3.24. The van der Waals surface area contributed by atoms with Crippen LogP contribution in [0.3, 0.4) is 0 Å². The zero-order chi connectivity index (χ0) is 14.7. The van der Waals surface area contributed by atoms with E-state index in [1.54, 1.807) is 0 Å². The second-order valence-corrected chi connectivity index (χ2v) is 6.34.